The number of aromatic amines is 2. The predicted molar refractivity (Wildman–Crippen MR) is 148 cm³/mol. The number of nitrogens with one attached hydrogen (secondary N) is 2. The van der Waals surface area contributed by atoms with Crippen LogP contribution in [0.25, 0.3) is 56.0 Å². The molecule has 1 aliphatic rings. The summed E-state index contributed by atoms with van der Waals surface area (Å²) in [6.07, 6.45) is 9.40. The molecule has 0 saturated carbocycles. The SMILES string of the molecule is Oc1cc(F)cc(-c2nccc3[nH]c(-c4n[nH]c5ncc(-c6cncc(OCCN7CCCC7)c6)cc45)nc23)c1. The van der Waals surface area contributed by atoms with Gasteiger partial charge < -0.3 is 14.8 Å². The minimum atomic E-state index is -0.558. The number of phenolic OH excluding ortho intramolecular Hbond substituents is 1. The summed E-state index contributed by atoms with van der Waals surface area (Å²) in [5, 5.41) is 18.1. The van der Waals surface area contributed by atoms with Gasteiger partial charge in [0.15, 0.2) is 11.5 Å². The van der Waals surface area contributed by atoms with E-state index in [1.165, 1.54) is 25.0 Å². The van der Waals surface area contributed by atoms with Crippen LogP contribution in [0, 0.1) is 5.82 Å². The highest BCUT2D eigenvalue weighted by Gasteiger charge is 2.18. The largest absolute Gasteiger partial charge is 0.508 e. The number of aromatic hydroxyl groups is 1. The van der Waals surface area contributed by atoms with Crippen LogP contribution in [0.3, 0.4) is 0 Å². The maximum atomic E-state index is 14.0. The zero-order valence-corrected chi connectivity index (χ0v) is 21.4. The molecule has 6 aromatic rings. The van der Waals surface area contributed by atoms with Crippen LogP contribution in [0.1, 0.15) is 12.8 Å². The average Bonchev–Trinajstić information content (AvgIpc) is 3.71. The molecule has 1 aliphatic heterocycles. The molecule has 0 radical (unpaired) electrons. The molecule has 11 heteroatoms. The molecule has 0 amide bonds. The van der Waals surface area contributed by atoms with Crippen LogP contribution >= 0.6 is 0 Å². The Bertz CT molecular complexity index is 1820. The van der Waals surface area contributed by atoms with Crippen LogP contribution in [0.4, 0.5) is 4.39 Å². The van der Waals surface area contributed by atoms with E-state index in [1.54, 1.807) is 30.9 Å². The van der Waals surface area contributed by atoms with Gasteiger partial charge in [-0.2, -0.15) is 5.10 Å². The van der Waals surface area contributed by atoms with E-state index in [9.17, 15) is 9.50 Å². The van der Waals surface area contributed by atoms with Crippen LogP contribution in [-0.2, 0) is 0 Å². The van der Waals surface area contributed by atoms with Crippen LogP contribution in [0.2, 0.25) is 0 Å². The topological polar surface area (TPSA) is 129 Å². The summed E-state index contributed by atoms with van der Waals surface area (Å²) in [5.74, 6) is 0.478. The van der Waals surface area contributed by atoms with Gasteiger partial charge in [0, 0.05) is 47.9 Å². The molecule has 1 fully saturated rings. The van der Waals surface area contributed by atoms with Crippen LogP contribution < -0.4 is 4.74 Å². The Labute approximate surface area is 227 Å². The Morgan fingerprint density at radius 2 is 1.82 bits per heavy atom. The van der Waals surface area contributed by atoms with E-state index in [0.717, 1.165) is 42.2 Å². The van der Waals surface area contributed by atoms with Crippen molar-refractivity contribution in [2.45, 2.75) is 12.8 Å². The van der Waals surface area contributed by atoms with Crippen molar-refractivity contribution < 1.29 is 14.2 Å². The first-order chi connectivity index (χ1) is 19.6. The molecule has 40 heavy (non-hydrogen) atoms. The maximum Gasteiger partial charge on any atom is 0.159 e. The second kappa shape index (κ2) is 10.0. The van der Waals surface area contributed by atoms with E-state index >= 15 is 0 Å². The highest BCUT2D eigenvalue weighted by atomic mass is 19.1. The van der Waals surface area contributed by atoms with Crippen molar-refractivity contribution in [1.29, 1.82) is 0 Å². The van der Waals surface area contributed by atoms with E-state index in [1.807, 2.05) is 12.1 Å². The number of nitrogens with zero attached hydrogens (tertiary/aromatic N) is 6. The fourth-order valence-corrected chi connectivity index (χ4v) is 5.17. The number of pyridine rings is 3. The molecule has 1 aromatic carbocycles. The van der Waals surface area contributed by atoms with E-state index in [-0.39, 0.29) is 5.75 Å². The lowest BCUT2D eigenvalue weighted by Crippen LogP contribution is -2.25. The van der Waals surface area contributed by atoms with Gasteiger partial charge in [-0.3, -0.25) is 20.0 Å². The first-order valence-electron chi connectivity index (χ1n) is 13.1. The molecule has 0 atom stereocenters. The summed E-state index contributed by atoms with van der Waals surface area (Å²) in [5.41, 5.74) is 5.03. The Hall–Kier alpha value is -4.90. The zero-order chi connectivity index (χ0) is 27.1. The molecular formula is C29H25FN8O2. The van der Waals surface area contributed by atoms with Crippen molar-refractivity contribution in [3.8, 4) is 45.4 Å². The first-order valence-corrected chi connectivity index (χ1v) is 13.1. The molecule has 0 spiro atoms. The number of imidazole rings is 1. The molecule has 5 aromatic heterocycles. The summed E-state index contributed by atoms with van der Waals surface area (Å²) in [6, 6.07) is 9.56. The monoisotopic (exact) mass is 536 g/mol. The number of benzene rings is 1. The van der Waals surface area contributed by atoms with Crippen molar-refractivity contribution in [2.75, 3.05) is 26.2 Å². The van der Waals surface area contributed by atoms with Crippen molar-refractivity contribution in [3.63, 3.8) is 0 Å². The first kappa shape index (κ1) is 24.2. The minimum Gasteiger partial charge on any atom is -0.508 e. The number of aromatic nitrogens is 7. The molecule has 6 heterocycles. The molecule has 0 unspecified atom stereocenters. The number of hydrogen-bond donors (Lipinski definition) is 3. The second-order valence-corrected chi connectivity index (χ2v) is 9.84. The fourth-order valence-electron chi connectivity index (χ4n) is 5.17. The third kappa shape index (κ3) is 4.60. The van der Waals surface area contributed by atoms with E-state index in [2.05, 4.69) is 35.0 Å². The van der Waals surface area contributed by atoms with Crippen molar-refractivity contribution in [2.24, 2.45) is 0 Å². The number of phenols is 1. The van der Waals surface area contributed by atoms with Gasteiger partial charge in [0.1, 0.15) is 35.1 Å². The molecule has 1 saturated heterocycles. The third-order valence-corrected chi connectivity index (χ3v) is 7.12. The average molecular weight is 537 g/mol. The van der Waals surface area contributed by atoms with Crippen LogP contribution in [0.15, 0.2) is 61.2 Å². The lowest BCUT2D eigenvalue weighted by Gasteiger charge is -2.15. The van der Waals surface area contributed by atoms with Crippen molar-refractivity contribution in [1.82, 2.24) is 40.0 Å². The van der Waals surface area contributed by atoms with E-state index < -0.39 is 5.82 Å². The molecule has 0 bridgehead atoms. The number of ether oxygens (including phenoxy) is 1. The van der Waals surface area contributed by atoms with Crippen LogP contribution in [-0.4, -0.2) is 71.4 Å². The molecule has 0 aliphatic carbocycles. The van der Waals surface area contributed by atoms with Crippen molar-refractivity contribution in [3.05, 3.63) is 67.0 Å². The van der Waals surface area contributed by atoms with Gasteiger partial charge in [-0.05, 0) is 56.3 Å². The Kier molecular flexibility index (Phi) is 6.05. The third-order valence-electron chi connectivity index (χ3n) is 7.12. The number of halogens is 1. The minimum absolute atomic E-state index is 0.183. The summed E-state index contributed by atoms with van der Waals surface area (Å²) >= 11 is 0. The van der Waals surface area contributed by atoms with Gasteiger partial charge in [0.05, 0.1) is 22.8 Å². The number of fused-ring (bicyclic) bond motifs is 2. The van der Waals surface area contributed by atoms with Gasteiger partial charge in [-0.25, -0.2) is 14.4 Å². The van der Waals surface area contributed by atoms with Gasteiger partial charge in [-0.1, -0.05) is 0 Å². The highest BCUT2D eigenvalue weighted by Crippen LogP contribution is 2.33. The molecular weight excluding hydrogens is 511 g/mol. The normalized spacial score (nSPS) is 13.9. The smallest absolute Gasteiger partial charge is 0.159 e. The number of likely N-dealkylation sites (tertiary alicyclic amines) is 1. The van der Waals surface area contributed by atoms with Gasteiger partial charge in [0.2, 0.25) is 0 Å². The lowest BCUT2D eigenvalue weighted by molar-refractivity contribution is 0.237. The quantitative estimate of drug-likeness (QED) is 0.262. The lowest BCUT2D eigenvalue weighted by atomic mass is 10.1. The standard InChI is InChI=1S/C29H25FN8O2/c30-20-9-17(10-21(39)13-20)25-27-24(3-4-32-25)34-29(35-27)26-23-12-19(15-33-28(23)37-36-26)18-11-22(16-31-14-18)40-8-7-38-5-1-2-6-38/h3-4,9-16,39H,1-2,5-8H2,(H,34,35)(H,33,36,37). The van der Waals surface area contributed by atoms with E-state index in [0.29, 0.717) is 51.8 Å². The predicted octanol–water partition coefficient (Wildman–Crippen LogP) is 4.94. The molecule has 200 valence electrons. The number of hydrogen-bond acceptors (Lipinski definition) is 8. The summed E-state index contributed by atoms with van der Waals surface area (Å²) < 4.78 is 20.0. The maximum absolute atomic E-state index is 14.0. The highest BCUT2D eigenvalue weighted by molar-refractivity contribution is 5.96. The summed E-state index contributed by atoms with van der Waals surface area (Å²) in [4.78, 5) is 23.8. The van der Waals surface area contributed by atoms with Gasteiger partial charge in [0.25, 0.3) is 0 Å². The van der Waals surface area contributed by atoms with Crippen molar-refractivity contribution >= 4 is 22.1 Å². The molecule has 10 nitrogen and oxygen atoms in total. The Morgan fingerprint density at radius 3 is 2.70 bits per heavy atom. The van der Waals surface area contributed by atoms with Gasteiger partial charge in [-0.15, -0.1) is 0 Å². The number of rotatable bonds is 7. The Balaban J connectivity index is 1.21. The Morgan fingerprint density at radius 1 is 0.950 bits per heavy atom. The zero-order valence-electron chi connectivity index (χ0n) is 21.4. The van der Waals surface area contributed by atoms with Gasteiger partial charge >= 0.3 is 0 Å². The second-order valence-electron chi connectivity index (χ2n) is 9.84. The summed E-state index contributed by atoms with van der Waals surface area (Å²) in [7, 11) is 0. The van der Waals surface area contributed by atoms with Crippen LogP contribution in [0.5, 0.6) is 11.5 Å². The molecule has 3 N–H and O–H groups in total. The summed E-state index contributed by atoms with van der Waals surface area (Å²) in [6.45, 7) is 3.80. The van der Waals surface area contributed by atoms with E-state index in [4.69, 9.17) is 9.72 Å². The fraction of sp³-hybridized carbons (Fsp3) is 0.207. The molecule has 7 rings (SSSR count). The number of H-pyrrole nitrogens is 2.